The highest BCUT2D eigenvalue weighted by Gasteiger charge is 2.50. The second-order valence-corrected chi connectivity index (χ2v) is 11.0. The van der Waals surface area contributed by atoms with Crippen LogP contribution in [0, 0.1) is 0 Å². The van der Waals surface area contributed by atoms with E-state index in [1.54, 1.807) is 26.6 Å². The Labute approximate surface area is 228 Å². The predicted molar refractivity (Wildman–Crippen MR) is 140 cm³/mol. The Kier molecular flexibility index (Phi) is 6.39. The minimum Gasteiger partial charge on any atom is -0.383 e. The third kappa shape index (κ3) is 4.43. The van der Waals surface area contributed by atoms with E-state index in [-0.39, 0.29) is 23.7 Å². The van der Waals surface area contributed by atoms with Crippen molar-refractivity contribution in [2.45, 2.75) is 55.5 Å². The third-order valence-electron chi connectivity index (χ3n) is 8.37. The van der Waals surface area contributed by atoms with Crippen molar-refractivity contribution in [3.05, 3.63) is 82.1 Å². The second-order valence-electron chi connectivity index (χ2n) is 11.0. The number of pyridine rings is 1. The molecule has 212 valence electrons. The quantitative estimate of drug-likeness (QED) is 0.339. The van der Waals surface area contributed by atoms with Crippen LogP contribution in [0.4, 0.5) is 13.2 Å². The van der Waals surface area contributed by atoms with Gasteiger partial charge < -0.3 is 19.4 Å². The Balaban J connectivity index is 1.41. The molecule has 12 heteroatoms. The molecule has 40 heavy (non-hydrogen) atoms. The maximum Gasteiger partial charge on any atom is 0.418 e. The molecule has 2 aliphatic carbocycles. The summed E-state index contributed by atoms with van der Waals surface area (Å²) in [7, 11) is 5.14. The van der Waals surface area contributed by atoms with Gasteiger partial charge in [0.2, 0.25) is 0 Å². The van der Waals surface area contributed by atoms with Crippen molar-refractivity contribution in [3.63, 3.8) is 0 Å². The minimum absolute atomic E-state index is 0.0418. The number of hydrogen-bond acceptors (Lipinski definition) is 6. The van der Waals surface area contributed by atoms with Gasteiger partial charge in [0.05, 0.1) is 34.9 Å². The van der Waals surface area contributed by atoms with E-state index in [0.29, 0.717) is 30.7 Å². The summed E-state index contributed by atoms with van der Waals surface area (Å²) < 4.78 is 57.6. The largest absolute Gasteiger partial charge is 0.418 e. The first-order valence-corrected chi connectivity index (χ1v) is 13.2. The van der Waals surface area contributed by atoms with Gasteiger partial charge in [0, 0.05) is 45.7 Å². The fraction of sp³-hybridized carbons (Fsp3) is 0.464. The van der Waals surface area contributed by atoms with Crippen LogP contribution < -0.4 is 11.0 Å². The average molecular weight is 557 g/mol. The van der Waals surface area contributed by atoms with Crippen LogP contribution in [0.1, 0.15) is 48.2 Å². The van der Waals surface area contributed by atoms with Crippen LogP contribution in [0.15, 0.2) is 53.8 Å². The molecule has 2 aliphatic rings. The van der Waals surface area contributed by atoms with E-state index < -0.39 is 22.8 Å². The molecule has 2 saturated carbocycles. The Bertz CT molecular complexity index is 1610. The number of fused-ring (bicyclic) bond motifs is 1. The van der Waals surface area contributed by atoms with Crippen LogP contribution in [-0.4, -0.2) is 56.2 Å². The van der Waals surface area contributed by atoms with Gasteiger partial charge in [0.15, 0.2) is 0 Å². The highest BCUT2D eigenvalue weighted by Crippen LogP contribution is 2.49. The van der Waals surface area contributed by atoms with Gasteiger partial charge in [-0.3, -0.25) is 8.97 Å². The number of nitrogens with zero attached hydrogens (tertiary/aromatic N) is 5. The topological polar surface area (TPSA) is 87.6 Å². The average Bonchev–Trinajstić information content (AvgIpc) is 3.41. The number of rotatable bonds is 9. The lowest BCUT2D eigenvalue weighted by Gasteiger charge is -2.46. The van der Waals surface area contributed by atoms with Crippen molar-refractivity contribution in [1.29, 1.82) is 0 Å². The number of aromatic nitrogens is 5. The van der Waals surface area contributed by atoms with Gasteiger partial charge >= 0.3 is 11.9 Å². The summed E-state index contributed by atoms with van der Waals surface area (Å²) >= 11 is 0. The standard InChI is InChI=1S/C28H31F3N6O3/c1-35-17-33-34-24(35)27(11-21(12-27)40-3)19-5-4-6-20(10-19)36-15-23-22(28(29,30)31)9-18(14-37(23)25(36)38)13-32-26(7-8-26)16-39-2/h4-6,9-10,14-15,17,21,32H,7-8,11-13,16H2,1-3H3/t21-,27-. The fourth-order valence-corrected chi connectivity index (χ4v) is 5.94. The van der Waals surface area contributed by atoms with E-state index in [4.69, 9.17) is 9.47 Å². The number of alkyl halides is 3. The highest BCUT2D eigenvalue weighted by atomic mass is 19.4. The lowest BCUT2D eigenvalue weighted by molar-refractivity contribution is -0.136. The van der Waals surface area contributed by atoms with E-state index in [1.807, 2.05) is 29.8 Å². The number of aryl methyl sites for hydroxylation is 1. The summed E-state index contributed by atoms with van der Waals surface area (Å²) in [6.45, 7) is 0.672. The number of ether oxygens (including phenoxy) is 2. The Hall–Kier alpha value is -3.48. The van der Waals surface area contributed by atoms with Crippen LogP contribution in [-0.2, 0) is 34.7 Å². The first-order valence-electron chi connectivity index (χ1n) is 13.2. The first kappa shape index (κ1) is 26.7. The molecule has 0 amide bonds. The van der Waals surface area contributed by atoms with Crippen molar-refractivity contribution in [3.8, 4) is 5.69 Å². The molecule has 9 nitrogen and oxygen atoms in total. The molecule has 1 N–H and O–H groups in total. The molecule has 0 spiro atoms. The molecule has 6 rings (SSSR count). The van der Waals surface area contributed by atoms with Gasteiger partial charge in [-0.05, 0) is 55.0 Å². The van der Waals surface area contributed by atoms with E-state index in [1.165, 1.54) is 17.0 Å². The summed E-state index contributed by atoms with van der Waals surface area (Å²) in [6, 6.07) is 8.44. The van der Waals surface area contributed by atoms with Crippen molar-refractivity contribution in [2.75, 3.05) is 20.8 Å². The smallest absolute Gasteiger partial charge is 0.383 e. The molecule has 2 fully saturated rings. The lowest BCUT2D eigenvalue weighted by Crippen LogP contribution is -2.48. The summed E-state index contributed by atoms with van der Waals surface area (Å²) in [6.07, 6.45) is 2.92. The van der Waals surface area contributed by atoms with Crippen molar-refractivity contribution < 1.29 is 22.6 Å². The SMILES string of the molecule is COCC1(NCc2cc(C(F)(F)F)c3cn(-c4cccc([C@]5(c6nncn6C)C[C@H](OC)C5)c4)c(=O)n3c2)CC1. The lowest BCUT2D eigenvalue weighted by atomic mass is 9.62. The van der Waals surface area contributed by atoms with Gasteiger partial charge in [-0.1, -0.05) is 12.1 Å². The zero-order valence-corrected chi connectivity index (χ0v) is 22.5. The van der Waals surface area contributed by atoms with Gasteiger partial charge in [-0.2, -0.15) is 13.2 Å². The monoisotopic (exact) mass is 556 g/mol. The summed E-state index contributed by atoms with van der Waals surface area (Å²) in [4.78, 5) is 13.6. The van der Waals surface area contributed by atoms with Gasteiger partial charge in [-0.15, -0.1) is 10.2 Å². The van der Waals surface area contributed by atoms with E-state index in [9.17, 15) is 18.0 Å². The van der Waals surface area contributed by atoms with E-state index >= 15 is 0 Å². The molecule has 1 aromatic carbocycles. The second kappa shape index (κ2) is 9.57. The normalized spacial score (nSPS) is 22.0. The molecule has 0 unspecified atom stereocenters. The van der Waals surface area contributed by atoms with Crippen molar-refractivity contribution >= 4 is 5.52 Å². The number of hydrogen-bond donors (Lipinski definition) is 1. The van der Waals surface area contributed by atoms with Crippen LogP contribution in [0.2, 0.25) is 0 Å². The number of methoxy groups -OCH3 is 2. The molecule has 0 saturated heterocycles. The minimum atomic E-state index is -4.64. The van der Waals surface area contributed by atoms with Crippen LogP contribution in [0.25, 0.3) is 11.2 Å². The summed E-state index contributed by atoms with van der Waals surface area (Å²) in [5.74, 6) is 0.769. The molecule has 0 radical (unpaired) electrons. The van der Waals surface area contributed by atoms with Crippen LogP contribution in [0.5, 0.6) is 0 Å². The molecule has 3 heterocycles. The maximum absolute atomic E-state index is 14.2. The molecule has 0 aliphatic heterocycles. The van der Waals surface area contributed by atoms with Gasteiger partial charge in [0.1, 0.15) is 12.2 Å². The zero-order valence-electron chi connectivity index (χ0n) is 22.5. The fourth-order valence-electron chi connectivity index (χ4n) is 5.94. The first-order chi connectivity index (χ1) is 19.1. The molecular weight excluding hydrogens is 525 g/mol. The molecular formula is C28H31F3N6O3. The Morgan fingerprint density at radius 3 is 2.55 bits per heavy atom. The van der Waals surface area contributed by atoms with Crippen molar-refractivity contribution in [2.24, 2.45) is 7.05 Å². The molecule has 4 aromatic rings. The number of nitrogens with one attached hydrogen (secondary N) is 1. The summed E-state index contributed by atoms with van der Waals surface area (Å²) in [5, 5.41) is 11.7. The number of imidazole rings is 1. The van der Waals surface area contributed by atoms with Crippen LogP contribution in [0.3, 0.4) is 0 Å². The van der Waals surface area contributed by atoms with Gasteiger partial charge in [-0.25, -0.2) is 4.79 Å². The van der Waals surface area contributed by atoms with Gasteiger partial charge in [0.25, 0.3) is 0 Å². The number of benzene rings is 1. The zero-order chi connectivity index (χ0) is 28.3. The van der Waals surface area contributed by atoms with Crippen LogP contribution >= 0.6 is 0 Å². The molecule has 0 bridgehead atoms. The van der Waals surface area contributed by atoms with Crippen molar-refractivity contribution in [1.82, 2.24) is 29.0 Å². The Morgan fingerprint density at radius 1 is 1.15 bits per heavy atom. The predicted octanol–water partition coefficient (Wildman–Crippen LogP) is 3.60. The summed E-state index contributed by atoms with van der Waals surface area (Å²) in [5.41, 5.74) is -0.596. The number of halogens is 3. The third-order valence-corrected chi connectivity index (χ3v) is 8.37. The van der Waals surface area contributed by atoms with E-state index in [0.717, 1.165) is 34.7 Å². The Morgan fingerprint density at radius 2 is 1.93 bits per heavy atom. The molecule has 3 aromatic heterocycles. The highest BCUT2D eigenvalue weighted by molar-refractivity contribution is 5.58. The maximum atomic E-state index is 14.2. The molecule has 0 atom stereocenters. The van der Waals surface area contributed by atoms with E-state index in [2.05, 4.69) is 15.5 Å².